The van der Waals surface area contributed by atoms with Gasteiger partial charge >= 0.3 is 0 Å². The summed E-state index contributed by atoms with van der Waals surface area (Å²) in [6, 6.07) is 24.1. The van der Waals surface area contributed by atoms with Crippen molar-refractivity contribution in [3.63, 3.8) is 0 Å². The molecule has 0 spiro atoms. The van der Waals surface area contributed by atoms with Crippen molar-refractivity contribution in [1.29, 1.82) is 0 Å². The number of ether oxygens (including phenoxy) is 1. The predicted octanol–water partition coefficient (Wildman–Crippen LogP) is 4.67. The van der Waals surface area contributed by atoms with Crippen molar-refractivity contribution in [2.24, 2.45) is 5.10 Å². The van der Waals surface area contributed by atoms with Gasteiger partial charge in [0.2, 0.25) is 0 Å². The number of aromatic hydroxyl groups is 1. The molecule has 2 N–H and O–H groups in total. The molecule has 0 atom stereocenters. The van der Waals surface area contributed by atoms with Crippen LogP contribution in [0.15, 0.2) is 89.1 Å². The normalized spacial score (nSPS) is 11.3. The molecule has 1 amide bonds. The second-order valence-electron chi connectivity index (χ2n) is 7.49. The SMILES string of the molecule is CC/C(=N/NC(=O)CSc1nnc(-c2ccccc2)n1-c1ccc(OC)cc1)c1ccc(O)cc1. The van der Waals surface area contributed by atoms with Crippen molar-refractivity contribution >= 4 is 23.4 Å². The van der Waals surface area contributed by atoms with E-state index in [0.717, 1.165) is 28.3 Å². The van der Waals surface area contributed by atoms with E-state index in [9.17, 15) is 9.90 Å². The topological polar surface area (TPSA) is 102 Å². The molecule has 0 saturated carbocycles. The zero-order valence-corrected chi connectivity index (χ0v) is 20.2. The molecule has 0 radical (unpaired) electrons. The summed E-state index contributed by atoms with van der Waals surface area (Å²) >= 11 is 1.28. The lowest BCUT2D eigenvalue weighted by Crippen LogP contribution is -2.22. The van der Waals surface area contributed by atoms with E-state index in [2.05, 4.69) is 20.7 Å². The van der Waals surface area contributed by atoms with Gasteiger partial charge in [-0.25, -0.2) is 5.43 Å². The van der Waals surface area contributed by atoms with E-state index in [1.807, 2.05) is 66.1 Å². The number of methoxy groups -OCH3 is 1. The number of carbonyl (C=O) groups excluding carboxylic acids is 1. The second-order valence-corrected chi connectivity index (χ2v) is 8.43. The van der Waals surface area contributed by atoms with Crippen LogP contribution in [0, 0.1) is 0 Å². The Kier molecular flexibility index (Phi) is 7.79. The first kappa shape index (κ1) is 24.0. The van der Waals surface area contributed by atoms with Gasteiger partial charge in [0, 0.05) is 11.3 Å². The first-order valence-electron chi connectivity index (χ1n) is 11.0. The van der Waals surface area contributed by atoms with Gasteiger partial charge in [-0.05, 0) is 60.5 Å². The van der Waals surface area contributed by atoms with Gasteiger partial charge in [0.05, 0.1) is 18.6 Å². The molecule has 4 rings (SSSR count). The molecule has 9 heteroatoms. The summed E-state index contributed by atoms with van der Waals surface area (Å²) in [4.78, 5) is 12.6. The summed E-state index contributed by atoms with van der Waals surface area (Å²) in [5.41, 5.74) is 5.95. The van der Waals surface area contributed by atoms with Gasteiger partial charge in [0.1, 0.15) is 11.5 Å². The smallest absolute Gasteiger partial charge is 0.250 e. The molecule has 0 bridgehead atoms. The Labute approximate surface area is 207 Å². The molecule has 0 aliphatic rings. The Balaban J connectivity index is 1.53. The Morgan fingerprint density at radius 2 is 1.74 bits per heavy atom. The number of phenols is 1. The van der Waals surface area contributed by atoms with Crippen molar-refractivity contribution in [3.05, 3.63) is 84.4 Å². The number of hydrazone groups is 1. The summed E-state index contributed by atoms with van der Waals surface area (Å²) < 4.78 is 7.20. The predicted molar refractivity (Wildman–Crippen MR) is 137 cm³/mol. The number of nitrogens with zero attached hydrogens (tertiary/aromatic N) is 4. The van der Waals surface area contributed by atoms with Gasteiger partial charge in [-0.2, -0.15) is 5.10 Å². The molecule has 0 aliphatic heterocycles. The van der Waals surface area contributed by atoms with Gasteiger partial charge in [-0.1, -0.05) is 49.0 Å². The standard InChI is InChI=1S/C26H25N5O3S/c1-3-23(18-9-13-21(32)14-10-18)27-28-24(33)17-35-26-30-29-25(19-7-5-4-6-8-19)31(26)20-11-15-22(34-2)16-12-20/h4-16,32H,3,17H2,1-2H3,(H,28,33)/b27-23-. The van der Waals surface area contributed by atoms with Gasteiger partial charge < -0.3 is 9.84 Å². The highest BCUT2D eigenvalue weighted by Crippen LogP contribution is 2.28. The average molecular weight is 488 g/mol. The molecule has 0 fully saturated rings. The summed E-state index contributed by atoms with van der Waals surface area (Å²) in [5.74, 6) is 1.46. The number of hydrogen-bond acceptors (Lipinski definition) is 7. The molecule has 3 aromatic carbocycles. The van der Waals surface area contributed by atoms with E-state index in [4.69, 9.17) is 4.74 Å². The molecule has 1 aromatic heterocycles. The third-order valence-corrected chi connectivity index (χ3v) is 6.11. The lowest BCUT2D eigenvalue weighted by Gasteiger charge is -2.11. The molecule has 178 valence electrons. The van der Waals surface area contributed by atoms with Crippen molar-refractivity contribution in [3.8, 4) is 28.6 Å². The van der Waals surface area contributed by atoms with Crippen LogP contribution in [0.25, 0.3) is 17.1 Å². The molecular weight excluding hydrogens is 462 g/mol. The summed E-state index contributed by atoms with van der Waals surface area (Å²) in [7, 11) is 1.62. The quantitative estimate of drug-likeness (QED) is 0.202. The van der Waals surface area contributed by atoms with Crippen LogP contribution >= 0.6 is 11.8 Å². The first-order chi connectivity index (χ1) is 17.1. The highest BCUT2D eigenvalue weighted by molar-refractivity contribution is 7.99. The zero-order chi connectivity index (χ0) is 24.6. The third kappa shape index (κ3) is 5.88. The number of thioether (sulfide) groups is 1. The molecule has 1 heterocycles. The van der Waals surface area contributed by atoms with Crippen LogP contribution in [-0.4, -0.2) is 44.4 Å². The van der Waals surface area contributed by atoms with E-state index >= 15 is 0 Å². The minimum atomic E-state index is -0.259. The lowest BCUT2D eigenvalue weighted by atomic mass is 10.1. The number of nitrogens with one attached hydrogen (secondary N) is 1. The molecule has 0 unspecified atom stereocenters. The zero-order valence-electron chi connectivity index (χ0n) is 19.4. The minimum absolute atomic E-state index is 0.110. The van der Waals surface area contributed by atoms with E-state index in [-0.39, 0.29) is 17.4 Å². The van der Waals surface area contributed by atoms with Crippen molar-refractivity contribution in [2.45, 2.75) is 18.5 Å². The number of hydrogen-bond donors (Lipinski definition) is 2. The molecule has 35 heavy (non-hydrogen) atoms. The van der Waals surface area contributed by atoms with E-state index in [1.54, 1.807) is 31.4 Å². The molecule has 0 aliphatic carbocycles. The van der Waals surface area contributed by atoms with Crippen LogP contribution in [0.3, 0.4) is 0 Å². The Morgan fingerprint density at radius 3 is 2.40 bits per heavy atom. The fraction of sp³-hybridized carbons (Fsp3) is 0.154. The fourth-order valence-electron chi connectivity index (χ4n) is 3.40. The number of benzene rings is 3. The van der Waals surface area contributed by atoms with E-state index in [0.29, 0.717) is 17.4 Å². The van der Waals surface area contributed by atoms with Crippen LogP contribution in [0.5, 0.6) is 11.5 Å². The fourth-order valence-corrected chi connectivity index (χ4v) is 4.14. The van der Waals surface area contributed by atoms with Gasteiger partial charge in [-0.3, -0.25) is 9.36 Å². The maximum Gasteiger partial charge on any atom is 0.250 e. The average Bonchev–Trinajstić information content (AvgIpc) is 3.33. The van der Waals surface area contributed by atoms with Gasteiger partial charge in [0.15, 0.2) is 11.0 Å². The van der Waals surface area contributed by atoms with E-state index < -0.39 is 0 Å². The number of aromatic nitrogens is 3. The van der Waals surface area contributed by atoms with Crippen LogP contribution in [-0.2, 0) is 4.79 Å². The lowest BCUT2D eigenvalue weighted by molar-refractivity contribution is -0.118. The monoisotopic (exact) mass is 487 g/mol. The largest absolute Gasteiger partial charge is 0.508 e. The third-order valence-electron chi connectivity index (χ3n) is 5.18. The van der Waals surface area contributed by atoms with Crippen molar-refractivity contribution < 1.29 is 14.6 Å². The second kappa shape index (κ2) is 11.3. The van der Waals surface area contributed by atoms with Crippen LogP contribution in [0.1, 0.15) is 18.9 Å². The van der Waals surface area contributed by atoms with E-state index in [1.165, 1.54) is 11.8 Å². The molecule has 8 nitrogen and oxygen atoms in total. The van der Waals surface area contributed by atoms with Crippen molar-refractivity contribution in [1.82, 2.24) is 20.2 Å². The highest BCUT2D eigenvalue weighted by Gasteiger charge is 2.17. The van der Waals surface area contributed by atoms with Crippen molar-refractivity contribution in [2.75, 3.05) is 12.9 Å². The summed E-state index contributed by atoms with van der Waals surface area (Å²) in [6.45, 7) is 1.95. The Hall–Kier alpha value is -4.11. The summed E-state index contributed by atoms with van der Waals surface area (Å²) in [5, 5.41) is 23.1. The number of amides is 1. The Morgan fingerprint density at radius 1 is 1.03 bits per heavy atom. The first-order valence-corrected chi connectivity index (χ1v) is 12.0. The number of phenolic OH excluding ortho intramolecular Hbond substituents is 1. The highest BCUT2D eigenvalue weighted by atomic mass is 32.2. The maximum absolute atomic E-state index is 12.6. The maximum atomic E-state index is 12.6. The molecule has 0 saturated heterocycles. The van der Waals surface area contributed by atoms with Gasteiger partial charge in [0.25, 0.3) is 5.91 Å². The minimum Gasteiger partial charge on any atom is -0.508 e. The number of carbonyl (C=O) groups is 1. The summed E-state index contributed by atoms with van der Waals surface area (Å²) in [6.07, 6.45) is 0.629. The molecule has 4 aromatic rings. The Bertz CT molecular complexity index is 1300. The number of rotatable bonds is 9. The molecular formula is C26H25N5O3S. The van der Waals surface area contributed by atoms with Gasteiger partial charge in [-0.15, -0.1) is 10.2 Å². The van der Waals surface area contributed by atoms with Crippen LogP contribution < -0.4 is 10.2 Å². The van der Waals surface area contributed by atoms with Crippen LogP contribution in [0.2, 0.25) is 0 Å². The van der Waals surface area contributed by atoms with Crippen LogP contribution in [0.4, 0.5) is 0 Å².